The van der Waals surface area contributed by atoms with Gasteiger partial charge in [0, 0.05) is 19.7 Å². The number of aliphatic hydroxyl groups is 1. The second-order valence-electron chi connectivity index (χ2n) is 4.93. The minimum Gasteiger partial charge on any atom is -0.396 e. The van der Waals surface area contributed by atoms with Crippen LogP contribution in [0.15, 0.2) is 0 Å². The molecule has 1 heterocycles. The number of amides is 1. The molecule has 4 N–H and O–H groups in total. The van der Waals surface area contributed by atoms with Gasteiger partial charge in [-0.05, 0) is 32.7 Å². The van der Waals surface area contributed by atoms with Crippen molar-refractivity contribution < 1.29 is 9.90 Å². The van der Waals surface area contributed by atoms with Crippen molar-refractivity contribution in [2.24, 2.45) is 17.2 Å². The summed E-state index contributed by atoms with van der Waals surface area (Å²) in [5, 5.41) is 9.01. The zero-order valence-corrected chi connectivity index (χ0v) is 9.49. The van der Waals surface area contributed by atoms with Crippen LogP contribution in [0.1, 0.15) is 20.3 Å². The van der Waals surface area contributed by atoms with Crippen molar-refractivity contribution >= 4 is 5.91 Å². The molecule has 15 heavy (non-hydrogen) atoms. The number of likely N-dealkylation sites (tertiary alicyclic amines) is 1. The van der Waals surface area contributed by atoms with Crippen LogP contribution in [-0.4, -0.2) is 42.2 Å². The summed E-state index contributed by atoms with van der Waals surface area (Å²) in [6.45, 7) is 6.50. The number of rotatable bonds is 4. The van der Waals surface area contributed by atoms with E-state index in [4.69, 9.17) is 10.9 Å². The lowest BCUT2D eigenvalue weighted by Crippen LogP contribution is -2.46. The first-order valence-corrected chi connectivity index (χ1v) is 5.34. The van der Waals surface area contributed by atoms with Crippen LogP contribution in [-0.2, 0) is 4.79 Å². The Labute approximate surface area is 90.6 Å². The number of hydrazine groups is 1. The maximum absolute atomic E-state index is 11.5. The lowest BCUT2D eigenvalue weighted by atomic mass is 9.92. The highest BCUT2D eigenvalue weighted by molar-refractivity contribution is 5.81. The van der Waals surface area contributed by atoms with Crippen molar-refractivity contribution in [3.63, 3.8) is 0 Å². The average molecular weight is 215 g/mol. The zero-order chi connectivity index (χ0) is 11.5. The lowest BCUT2D eigenvalue weighted by molar-refractivity contribution is -0.130. The Morgan fingerprint density at radius 3 is 2.80 bits per heavy atom. The van der Waals surface area contributed by atoms with Crippen molar-refractivity contribution in [2.75, 3.05) is 26.2 Å². The molecule has 1 saturated heterocycles. The molecular formula is C10H21N3O2. The van der Waals surface area contributed by atoms with Crippen LogP contribution in [0.4, 0.5) is 0 Å². The fourth-order valence-corrected chi connectivity index (χ4v) is 2.03. The Morgan fingerprint density at radius 1 is 1.67 bits per heavy atom. The number of nitrogens with zero attached hydrogens (tertiary/aromatic N) is 1. The number of carbonyl (C=O) groups excluding carboxylic acids is 1. The summed E-state index contributed by atoms with van der Waals surface area (Å²) in [5.41, 5.74) is 1.72. The Bertz CT molecular complexity index is 231. The maximum Gasteiger partial charge on any atom is 0.240 e. The van der Waals surface area contributed by atoms with E-state index < -0.39 is 5.41 Å². The van der Waals surface area contributed by atoms with E-state index in [0.717, 1.165) is 19.5 Å². The van der Waals surface area contributed by atoms with E-state index in [9.17, 15) is 4.79 Å². The highest BCUT2D eigenvalue weighted by Gasteiger charge is 2.32. The van der Waals surface area contributed by atoms with Crippen LogP contribution in [0.3, 0.4) is 0 Å². The third-order valence-electron chi connectivity index (χ3n) is 2.99. The number of hydrogen-bond acceptors (Lipinski definition) is 4. The molecule has 0 bridgehead atoms. The minimum absolute atomic E-state index is 0.144. The maximum atomic E-state index is 11.5. The van der Waals surface area contributed by atoms with Crippen LogP contribution in [0, 0.1) is 11.3 Å². The first-order chi connectivity index (χ1) is 6.99. The zero-order valence-electron chi connectivity index (χ0n) is 9.49. The van der Waals surface area contributed by atoms with Gasteiger partial charge in [-0.25, -0.2) is 5.84 Å². The second-order valence-corrected chi connectivity index (χ2v) is 4.93. The molecule has 1 amide bonds. The monoisotopic (exact) mass is 215 g/mol. The molecule has 1 unspecified atom stereocenters. The summed E-state index contributed by atoms with van der Waals surface area (Å²) < 4.78 is 0. The van der Waals surface area contributed by atoms with Crippen molar-refractivity contribution in [3.8, 4) is 0 Å². The third-order valence-corrected chi connectivity index (χ3v) is 2.99. The van der Waals surface area contributed by atoms with Gasteiger partial charge >= 0.3 is 0 Å². The van der Waals surface area contributed by atoms with E-state index in [0.29, 0.717) is 12.5 Å². The fraction of sp³-hybridized carbons (Fsp3) is 0.900. The molecule has 0 saturated carbocycles. The average Bonchev–Trinajstić information content (AvgIpc) is 2.63. The smallest absolute Gasteiger partial charge is 0.240 e. The minimum atomic E-state index is -0.473. The number of aliphatic hydroxyl groups excluding tert-OH is 1. The fourth-order valence-electron chi connectivity index (χ4n) is 2.03. The Morgan fingerprint density at radius 2 is 2.33 bits per heavy atom. The van der Waals surface area contributed by atoms with Crippen LogP contribution >= 0.6 is 0 Å². The molecule has 5 nitrogen and oxygen atoms in total. The topological polar surface area (TPSA) is 78.6 Å². The Hall–Kier alpha value is -0.650. The van der Waals surface area contributed by atoms with Crippen LogP contribution < -0.4 is 11.3 Å². The van der Waals surface area contributed by atoms with E-state index >= 15 is 0 Å². The molecule has 1 atom stereocenters. The van der Waals surface area contributed by atoms with Crippen LogP contribution in [0.25, 0.3) is 0 Å². The van der Waals surface area contributed by atoms with Crippen molar-refractivity contribution in [3.05, 3.63) is 0 Å². The number of hydrogen-bond donors (Lipinski definition) is 3. The van der Waals surface area contributed by atoms with Gasteiger partial charge in [-0.3, -0.25) is 10.2 Å². The molecular weight excluding hydrogens is 194 g/mol. The highest BCUT2D eigenvalue weighted by Crippen LogP contribution is 2.22. The predicted octanol–water partition coefficient (Wildman–Crippen LogP) is -0.683. The van der Waals surface area contributed by atoms with Gasteiger partial charge in [0.15, 0.2) is 0 Å². The molecule has 0 aliphatic carbocycles. The molecule has 0 radical (unpaired) electrons. The van der Waals surface area contributed by atoms with E-state index in [1.54, 1.807) is 0 Å². The van der Waals surface area contributed by atoms with Crippen molar-refractivity contribution in [1.29, 1.82) is 0 Å². The van der Waals surface area contributed by atoms with E-state index in [1.807, 2.05) is 13.8 Å². The van der Waals surface area contributed by atoms with Gasteiger partial charge in [-0.2, -0.15) is 0 Å². The molecule has 0 aromatic carbocycles. The third kappa shape index (κ3) is 3.15. The van der Waals surface area contributed by atoms with Crippen LogP contribution in [0.5, 0.6) is 0 Å². The first-order valence-electron chi connectivity index (χ1n) is 5.34. The molecule has 1 aliphatic rings. The largest absolute Gasteiger partial charge is 0.396 e. The van der Waals surface area contributed by atoms with Crippen molar-refractivity contribution in [2.45, 2.75) is 20.3 Å². The number of carbonyl (C=O) groups is 1. The van der Waals surface area contributed by atoms with Gasteiger partial charge < -0.3 is 10.0 Å². The molecule has 1 aliphatic heterocycles. The number of nitrogens with one attached hydrogen (secondary N) is 1. The second kappa shape index (κ2) is 4.92. The quantitative estimate of drug-likeness (QED) is 0.330. The molecule has 88 valence electrons. The first kappa shape index (κ1) is 12.4. The Balaban J connectivity index is 2.45. The van der Waals surface area contributed by atoms with Gasteiger partial charge in [-0.15, -0.1) is 0 Å². The molecule has 5 heteroatoms. The summed E-state index contributed by atoms with van der Waals surface area (Å²) in [6.07, 6.45) is 1.01. The summed E-state index contributed by atoms with van der Waals surface area (Å²) in [7, 11) is 0. The van der Waals surface area contributed by atoms with E-state index in [-0.39, 0.29) is 12.5 Å². The Kier molecular flexibility index (Phi) is 4.07. The summed E-state index contributed by atoms with van der Waals surface area (Å²) in [5.74, 6) is 5.35. The van der Waals surface area contributed by atoms with Gasteiger partial charge in [0.2, 0.25) is 5.91 Å². The van der Waals surface area contributed by atoms with E-state index in [2.05, 4.69) is 10.3 Å². The molecule has 1 rings (SSSR count). The number of nitrogens with two attached hydrogens (primary N) is 1. The summed E-state index contributed by atoms with van der Waals surface area (Å²) in [4.78, 5) is 13.7. The predicted molar refractivity (Wildman–Crippen MR) is 57.7 cm³/mol. The van der Waals surface area contributed by atoms with Gasteiger partial charge in [0.25, 0.3) is 0 Å². The van der Waals surface area contributed by atoms with Crippen LogP contribution in [0.2, 0.25) is 0 Å². The standard InChI is InChI=1S/C10H21N3O2/c1-10(2,9(15)12-11)7-13-4-3-8(5-13)6-14/h8,14H,3-7,11H2,1-2H3,(H,12,15). The molecule has 0 aromatic heterocycles. The van der Waals surface area contributed by atoms with E-state index in [1.165, 1.54) is 0 Å². The van der Waals surface area contributed by atoms with Gasteiger partial charge in [-0.1, -0.05) is 0 Å². The lowest BCUT2D eigenvalue weighted by Gasteiger charge is -2.28. The molecule has 1 fully saturated rings. The SMILES string of the molecule is CC(C)(CN1CCC(CO)C1)C(=O)NN. The highest BCUT2D eigenvalue weighted by atomic mass is 16.3. The van der Waals surface area contributed by atoms with Crippen molar-refractivity contribution in [1.82, 2.24) is 10.3 Å². The van der Waals surface area contributed by atoms with Gasteiger partial charge in [0.1, 0.15) is 0 Å². The molecule has 0 spiro atoms. The normalized spacial score (nSPS) is 23.1. The van der Waals surface area contributed by atoms with Gasteiger partial charge in [0.05, 0.1) is 5.41 Å². The summed E-state index contributed by atoms with van der Waals surface area (Å²) >= 11 is 0. The summed E-state index contributed by atoms with van der Waals surface area (Å²) in [6, 6.07) is 0. The molecule has 0 aromatic rings.